The molecule has 0 heterocycles. The predicted octanol–water partition coefficient (Wildman–Crippen LogP) is 2.64. The van der Waals surface area contributed by atoms with E-state index < -0.39 is 0 Å². The second kappa shape index (κ2) is 8.59. The zero-order valence-corrected chi connectivity index (χ0v) is 12.7. The van der Waals surface area contributed by atoms with Gasteiger partial charge in [0.25, 0.3) is 0 Å². The van der Waals surface area contributed by atoms with Gasteiger partial charge in [-0.05, 0) is 37.1 Å². The first kappa shape index (κ1) is 16.5. The molecule has 1 amide bonds. The Kier molecular flexibility index (Phi) is 7.09. The molecule has 4 heteroatoms. The third-order valence-corrected chi connectivity index (χ3v) is 3.32. The molecule has 0 bridgehead atoms. The van der Waals surface area contributed by atoms with Crippen LogP contribution in [-0.4, -0.2) is 19.1 Å². The number of amides is 1. The van der Waals surface area contributed by atoms with Gasteiger partial charge in [-0.2, -0.15) is 0 Å². The Labute approximate surface area is 121 Å². The number of carbonyl (C=O) groups excluding carboxylic acids is 1. The molecule has 20 heavy (non-hydrogen) atoms. The molecule has 1 aromatic carbocycles. The van der Waals surface area contributed by atoms with E-state index in [0.29, 0.717) is 12.6 Å². The van der Waals surface area contributed by atoms with Crippen molar-refractivity contribution in [3.63, 3.8) is 0 Å². The minimum atomic E-state index is -0.337. The smallest absolute Gasteiger partial charge is 0.223 e. The fourth-order valence-electron chi connectivity index (χ4n) is 1.92. The van der Waals surface area contributed by atoms with Crippen LogP contribution in [0.4, 0.5) is 0 Å². The molecule has 1 rings (SSSR count). The fraction of sp³-hybridized carbons (Fsp3) is 0.562. The number of carbonyl (C=O) groups is 1. The lowest BCUT2D eigenvalue weighted by atomic mass is 10.0. The van der Waals surface area contributed by atoms with Gasteiger partial charge in [-0.3, -0.25) is 4.79 Å². The maximum Gasteiger partial charge on any atom is 0.223 e. The van der Waals surface area contributed by atoms with Crippen molar-refractivity contribution in [1.29, 1.82) is 0 Å². The van der Waals surface area contributed by atoms with E-state index in [2.05, 4.69) is 31.3 Å². The number of hydrogen-bond acceptors (Lipinski definition) is 3. The van der Waals surface area contributed by atoms with E-state index in [0.717, 1.165) is 25.1 Å². The van der Waals surface area contributed by atoms with E-state index in [4.69, 9.17) is 10.5 Å². The zero-order chi connectivity index (χ0) is 15.0. The van der Waals surface area contributed by atoms with Crippen LogP contribution >= 0.6 is 0 Å². The van der Waals surface area contributed by atoms with E-state index in [-0.39, 0.29) is 11.8 Å². The Morgan fingerprint density at radius 2 is 1.95 bits per heavy atom. The van der Waals surface area contributed by atoms with Crippen LogP contribution in [0.5, 0.6) is 5.75 Å². The molecule has 2 unspecified atom stereocenters. The lowest BCUT2D eigenvalue weighted by molar-refractivity contribution is -0.122. The van der Waals surface area contributed by atoms with Gasteiger partial charge >= 0.3 is 0 Å². The van der Waals surface area contributed by atoms with Crippen LogP contribution < -0.4 is 15.8 Å². The van der Waals surface area contributed by atoms with Gasteiger partial charge < -0.3 is 15.8 Å². The number of benzene rings is 1. The minimum Gasteiger partial charge on any atom is -0.493 e. The van der Waals surface area contributed by atoms with Crippen molar-refractivity contribution in [3.8, 4) is 5.75 Å². The lowest BCUT2D eigenvalue weighted by Crippen LogP contribution is -2.25. The van der Waals surface area contributed by atoms with E-state index >= 15 is 0 Å². The van der Waals surface area contributed by atoms with Gasteiger partial charge in [0.15, 0.2) is 0 Å². The predicted molar refractivity (Wildman–Crippen MR) is 81.6 cm³/mol. The fourth-order valence-corrected chi connectivity index (χ4v) is 1.92. The van der Waals surface area contributed by atoms with Gasteiger partial charge in [0, 0.05) is 6.04 Å². The molecule has 0 fully saturated rings. The van der Waals surface area contributed by atoms with Gasteiger partial charge in [-0.25, -0.2) is 0 Å². The summed E-state index contributed by atoms with van der Waals surface area (Å²) in [6, 6.07) is 8.41. The van der Waals surface area contributed by atoms with Gasteiger partial charge in [-0.15, -0.1) is 0 Å². The topological polar surface area (TPSA) is 64.3 Å². The Hall–Kier alpha value is -1.55. The summed E-state index contributed by atoms with van der Waals surface area (Å²) in [5.41, 5.74) is 6.46. The monoisotopic (exact) mass is 278 g/mol. The molecule has 0 aromatic heterocycles. The van der Waals surface area contributed by atoms with Crippen LogP contribution in [0.15, 0.2) is 24.3 Å². The van der Waals surface area contributed by atoms with Crippen molar-refractivity contribution < 1.29 is 9.53 Å². The van der Waals surface area contributed by atoms with E-state index in [1.54, 1.807) is 6.92 Å². The van der Waals surface area contributed by atoms with Crippen molar-refractivity contribution in [3.05, 3.63) is 29.8 Å². The molecule has 0 radical (unpaired) electrons. The number of rotatable bonds is 9. The first-order valence-electron chi connectivity index (χ1n) is 7.33. The summed E-state index contributed by atoms with van der Waals surface area (Å²) >= 11 is 0. The molecule has 2 atom stereocenters. The minimum absolute atomic E-state index is 0.274. The zero-order valence-electron chi connectivity index (χ0n) is 12.7. The molecule has 0 aliphatic heterocycles. The highest BCUT2D eigenvalue weighted by molar-refractivity contribution is 5.76. The molecule has 0 spiro atoms. The Balaban J connectivity index is 2.56. The second-order valence-electron chi connectivity index (χ2n) is 5.10. The molecule has 1 aromatic rings. The Morgan fingerprint density at radius 3 is 2.45 bits per heavy atom. The highest BCUT2D eigenvalue weighted by Crippen LogP contribution is 2.20. The number of hydrogen-bond donors (Lipinski definition) is 2. The lowest BCUT2D eigenvalue weighted by Gasteiger charge is -2.17. The van der Waals surface area contributed by atoms with Crippen LogP contribution in [0.1, 0.15) is 45.2 Å². The van der Waals surface area contributed by atoms with Crippen molar-refractivity contribution in [2.24, 2.45) is 11.7 Å². The quantitative estimate of drug-likeness (QED) is 0.730. The van der Waals surface area contributed by atoms with Crippen LogP contribution in [0.25, 0.3) is 0 Å². The summed E-state index contributed by atoms with van der Waals surface area (Å²) in [5.74, 6) is 0.160. The number of ether oxygens (including phenoxy) is 1. The van der Waals surface area contributed by atoms with Crippen LogP contribution in [0.2, 0.25) is 0 Å². The summed E-state index contributed by atoms with van der Waals surface area (Å²) in [7, 11) is 0. The van der Waals surface area contributed by atoms with Crippen molar-refractivity contribution in [1.82, 2.24) is 5.32 Å². The Morgan fingerprint density at radius 1 is 1.30 bits per heavy atom. The summed E-state index contributed by atoms with van der Waals surface area (Å²) < 4.78 is 5.56. The number of nitrogens with two attached hydrogens (primary N) is 1. The van der Waals surface area contributed by atoms with Crippen molar-refractivity contribution in [2.45, 2.75) is 39.7 Å². The molecular weight excluding hydrogens is 252 g/mol. The summed E-state index contributed by atoms with van der Waals surface area (Å²) in [6.07, 6.45) is 2.18. The van der Waals surface area contributed by atoms with Crippen LogP contribution in [0.3, 0.4) is 0 Å². The average Bonchev–Trinajstić information content (AvgIpc) is 2.46. The maximum absolute atomic E-state index is 10.9. The van der Waals surface area contributed by atoms with Gasteiger partial charge in [-0.1, -0.05) is 32.9 Å². The van der Waals surface area contributed by atoms with Crippen molar-refractivity contribution in [2.75, 3.05) is 13.2 Å². The Bertz CT molecular complexity index is 403. The largest absolute Gasteiger partial charge is 0.493 e. The molecule has 4 nitrogen and oxygen atoms in total. The highest BCUT2D eigenvalue weighted by Gasteiger charge is 2.10. The third kappa shape index (κ3) is 5.21. The normalized spacial score (nSPS) is 13.8. The van der Waals surface area contributed by atoms with E-state index in [9.17, 15) is 4.79 Å². The second-order valence-corrected chi connectivity index (χ2v) is 5.10. The summed E-state index contributed by atoms with van der Waals surface area (Å²) in [6.45, 7) is 7.44. The number of primary amides is 1. The standard InChI is InChI=1S/C16H26N2O2/c1-4-10-18-15(5-2)13-6-8-14(9-7-13)20-11-12(3)16(17)19/h6-9,12,15,18H,4-5,10-11H2,1-3H3,(H2,17,19). The summed E-state index contributed by atoms with van der Waals surface area (Å²) in [4.78, 5) is 10.9. The summed E-state index contributed by atoms with van der Waals surface area (Å²) in [5, 5.41) is 3.52. The van der Waals surface area contributed by atoms with Crippen molar-refractivity contribution >= 4 is 5.91 Å². The molecule has 0 aliphatic rings. The average molecular weight is 278 g/mol. The molecule has 0 saturated carbocycles. The highest BCUT2D eigenvalue weighted by atomic mass is 16.5. The first-order chi connectivity index (χ1) is 9.58. The number of nitrogens with one attached hydrogen (secondary N) is 1. The molecule has 0 aliphatic carbocycles. The molecule has 112 valence electrons. The van der Waals surface area contributed by atoms with E-state index in [1.165, 1.54) is 5.56 Å². The van der Waals surface area contributed by atoms with Gasteiger partial charge in [0.05, 0.1) is 12.5 Å². The SMILES string of the molecule is CCCNC(CC)c1ccc(OCC(C)C(N)=O)cc1. The van der Waals surface area contributed by atoms with Crippen LogP contribution in [0, 0.1) is 5.92 Å². The van der Waals surface area contributed by atoms with Crippen LogP contribution in [-0.2, 0) is 4.79 Å². The van der Waals surface area contributed by atoms with Gasteiger partial charge in [0.1, 0.15) is 5.75 Å². The molecular formula is C16H26N2O2. The van der Waals surface area contributed by atoms with E-state index in [1.807, 2.05) is 12.1 Å². The van der Waals surface area contributed by atoms with Gasteiger partial charge in [0.2, 0.25) is 5.91 Å². The molecule has 0 saturated heterocycles. The third-order valence-electron chi connectivity index (χ3n) is 3.32. The first-order valence-corrected chi connectivity index (χ1v) is 7.33. The molecule has 3 N–H and O–H groups in total. The maximum atomic E-state index is 10.9.